The van der Waals surface area contributed by atoms with E-state index in [9.17, 15) is 0 Å². The van der Waals surface area contributed by atoms with Crippen LogP contribution in [-0.2, 0) is 0 Å². The first-order valence-electron chi connectivity index (χ1n) is 5.50. The van der Waals surface area contributed by atoms with Crippen LogP contribution in [-0.4, -0.2) is 12.6 Å². The first-order chi connectivity index (χ1) is 5.77. The molecule has 1 aliphatic carbocycles. The standard InChI is InChI=1S/C11H21N/c1-3-10-4-5-11(10)6-7-12-9(2)8-11/h9-10,12H,3-8H2,1-2H3. The Morgan fingerprint density at radius 3 is 2.75 bits per heavy atom. The summed E-state index contributed by atoms with van der Waals surface area (Å²) in [5, 5.41) is 3.55. The third-order valence-electron chi connectivity index (χ3n) is 4.18. The van der Waals surface area contributed by atoms with E-state index in [0.29, 0.717) is 0 Å². The fourth-order valence-corrected chi connectivity index (χ4v) is 3.34. The fraction of sp³-hybridized carbons (Fsp3) is 1.00. The van der Waals surface area contributed by atoms with Gasteiger partial charge in [-0.15, -0.1) is 0 Å². The van der Waals surface area contributed by atoms with Gasteiger partial charge in [-0.3, -0.25) is 0 Å². The molecule has 0 aromatic rings. The van der Waals surface area contributed by atoms with Crippen molar-refractivity contribution in [2.45, 2.75) is 52.0 Å². The quantitative estimate of drug-likeness (QED) is 0.633. The Bertz CT molecular complexity index is 164. The van der Waals surface area contributed by atoms with Crippen molar-refractivity contribution in [1.82, 2.24) is 5.32 Å². The van der Waals surface area contributed by atoms with E-state index in [4.69, 9.17) is 0 Å². The molecule has 1 saturated heterocycles. The molecule has 1 heteroatoms. The van der Waals surface area contributed by atoms with Gasteiger partial charge in [0.2, 0.25) is 0 Å². The van der Waals surface area contributed by atoms with Crippen LogP contribution in [0.3, 0.4) is 0 Å². The van der Waals surface area contributed by atoms with Crippen molar-refractivity contribution >= 4 is 0 Å². The van der Waals surface area contributed by atoms with E-state index in [1.165, 1.54) is 38.6 Å². The first kappa shape index (κ1) is 8.55. The topological polar surface area (TPSA) is 12.0 Å². The largest absolute Gasteiger partial charge is 0.314 e. The maximum Gasteiger partial charge on any atom is 0.00441 e. The maximum absolute atomic E-state index is 3.55. The van der Waals surface area contributed by atoms with Crippen molar-refractivity contribution in [1.29, 1.82) is 0 Å². The Labute approximate surface area is 75.9 Å². The van der Waals surface area contributed by atoms with Crippen molar-refractivity contribution in [3.8, 4) is 0 Å². The summed E-state index contributed by atoms with van der Waals surface area (Å²) in [6, 6.07) is 0.771. The van der Waals surface area contributed by atoms with Crippen LogP contribution in [0.15, 0.2) is 0 Å². The molecule has 1 saturated carbocycles. The molecule has 1 aliphatic heterocycles. The summed E-state index contributed by atoms with van der Waals surface area (Å²) in [6.45, 7) is 5.96. The van der Waals surface area contributed by atoms with E-state index in [0.717, 1.165) is 17.4 Å². The molecule has 1 N–H and O–H groups in total. The lowest BCUT2D eigenvalue weighted by atomic mass is 9.54. The highest BCUT2D eigenvalue weighted by Gasteiger charge is 2.46. The van der Waals surface area contributed by atoms with E-state index in [1.54, 1.807) is 0 Å². The SMILES string of the molecule is CCC1CCC12CCNC(C)C2. The molecule has 2 aliphatic rings. The second kappa shape index (κ2) is 3.02. The van der Waals surface area contributed by atoms with Gasteiger partial charge in [0.15, 0.2) is 0 Å². The zero-order valence-corrected chi connectivity index (χ0v) is 8.40. The minimum absolute atomic E-state index is 0.771. The highest BCUT2D eigenvalue weighted by molar-refractivity contribution is 4.99. The van der Waals surface area contributed by atoms with Gasteiger partial charge >= 0.3 is 0 Å². The molecular weight excluding hydrogens is 146 g/mol. The first-order valence-corrected chi connectivity index (χ1v) is 5.50. The van der Waals surface area contributed by atoms with Crippen LogP contribution < -0.4 is 5.32 Å². The molecule has 12 heavy (non-hydrogen) atoms. The molecule has 70 valence electrons. The molecule has 3 unspecified atom stereocenters. The summed E-state index contributed by atoms with van der Waals surface area (Å²) in [5.74, 6) is 1.06. The van der Waals surface area contributed by atoms with Crippen molar-refractivity contribution < 1.29 is 0 Å². The van der Waals surface area contributed by atoms with Gasteiger partial charge in [0.25, 0.3) is 0 Å². The lowest BCUT2D eigenvalue weighted by molar-refractivity contribution is -0.0169. The average molecular weight is 167 g/mol. The predicted molar refractivity (Wildman–Crippen MR) is 52.1 cm³/mol. The molecule has 0 radical (unpaired) electrons. The predicted octanol–water partition coefficient (Wildman–Crippen LogP) is 2.56. The molecule has 3 atom stereocenters. The van der Waals surface area contributed by atoms with Gasteiger partial charge in [0, 0.05) is 6.04 Å². The van der Waals surface area contributed by atoms with Crippen molar-refractivity contribution in [3.63, 3.8) is 0 Å². The summed E-state index contributed by atoms with van der Waals surface area (Å²) >= 11 is 0. The highest BCUT2D eigenvalue weighted by Crippen LogP contribution is 2.54. The van der Waals surface area contributed by atoms with Crippen LogP contribution in [0.1, 0.15) is 46.0 Å². The minimum atomic E-state index is 0.771. The lowest BCUT2D eigenvalue weighted by Crippen LogP contribution is -2.50. The number of hydrogen-bond acceptors (Lipinski definition) is 1. The van der Waals surface area contributed by atoms with E-state index in [1.807, 2.05) is 0 Å². The molecule has 1 nitrogen and oxygen atoms in total. The van der Waals surface area contributed by atoms with Gasteiger partial charge in [-0.2, -0.15) is 0 Å². The number of hydrogen-bond donors (Lipinski definition) is 1. The molecular formula is C11H21N. The Balaban J connectivity index is 2.00. The van der Waals surface area contributed by atoms with Gasteiger partial charge in [-0.05, 0) is 50.5 Å². The van der Waals surface area contributed by atoms with E-state index < -0.39 is 0 Å². The van der Waals surface area contributed by atoms with Crippen LogP contribution in [0, 0.1) is 11.3 Å². The van der Waals surface area contributed by atoms with Crippen LogP contribution in [0.5, 0.6) is 0 Å². The normalized spacial score (nSPS) is 47.5. The van der Waals surface area contributed by atoms with E-state index in [2.05, 4.69) is 19.2 Å². The minimum Gasteiger partial charge on any atom is -0.314 e. The Kier molecular flexibility index (Phi) is 2.16. The maximum atomic E-state index is 3.55. The number of piperidine rings is 1. The third kappa shape index (κ3) is 1.19. The van der Waals surface area contributed by atoms with Gasteiger partial charge in [-0.1, -0.05) is 13.3 Å². The summed E-state index contributed by atoms with van der Waals surface area (Å²) in [4.78, 5) is 0. The highest BCUT2D eigenvalue weighted by atomic mass is 14.9. The third-order valence-corrected chi connectivity index (χ3v) is 4.18. The Morgan fingerprint density at radius 1 is 1.42 bits per heavy atom. The number of rotatable bonds is 1. The smallest absolute Gasteiger partial charge is 0.00441 e. The second-order valence-electron chi connectivity index (χ2n) is 4.82. The molecule has 0 bridgehead atoms. The fourth-order valence-electron chi connectivity index (χ4n) is 3.34. The molecule has 2 rings (SSSR count). The van der Waals surface area contributed by atoms with Crippen LogP contribution in [0.2, 0.25) is 0 Å². The molecule has 1 heterocycles. The van der Waals surface area contributed by atoms with Gasteiger partial charge in [0.1, 0.15) is 0 Å². The van der Waals surface area contributed by atoms with Crippen LogP contribution in [0.25, 0.3) is 0 Å². The summed E-state index contributed by atoms with van der Waals surface area (Å²) in [7, 11) is 0. The summed E-state index contributed by atoms with van der Waals surface area (Å²) < 4.78 is 0. The summed E-state index contributed by atoms with van der Waals surface area (Å²) in [6.07, 6.45) is 7.30. The number of nitrogens with one attached hydrogen (secondary N) is 1. The average Bonchev–Trinajstić information content (AvgIpc) is 2.03. The molecule has 0 aromatic carbocycles. The monoisotopic (exact) mass is 167 g/mol. The second-order valence-corrected chi connectivity index (χ2v) is 4.82. The molecule has 0 aromatic heterocycles. The zero-order chi connectivity index (χ0) is 8.60. The zero-order valence-electron chi connectivity index (χ0n) is 8.40. The molecule has 0 amide bonds. The van der Waals surface area contributed by atoms with Crippen molar-refractivity contribution in [2.24, 2.45) is 11.3 Å². The Morgan fingerprint density at radius 2 is 2.25 bits per heavy atom. The van der Waals surface area contributed by atoms with E-state index >= 15 is 0 Å². The molecule has 2 fully saturated rings. The summed E-state index contributed by atoms with van der Waals surface area (Å²) in [5.41, 5.74) is 0.777. The Hall–Kier alpha value is -0.0400. The van der Waals surface area contributed by atoms with Gasteiger partial charge < -0.3 is 5.32 Å². The van der Waals surface area contributed by atoms with Crippen molar-refractivity contribution in [2.75, 3.05) is 6.54 Å². The molecule has 1 spiro atoms. The van der Waals surface area contributed by atoms with Crippen LogP contribution in [0.4, 0.5) is 0 Å². The van der Waals surface area contributed by atoms with Gasteiger partial charge in [-0.25, -0.2) is 0 Å². The van der Waals surface area contributed by atoms with Crippen LogP contribution >= 0.6 is 0 Å². The van der Waals surface area contributed by atoms with Gasteiger partial charge in [0.05, 0.1) is 0 Å². The van der Waals surface area contributed by atoms with E-state index in [-0.39, 0.29) is 0 Å². The van der Waals surface area contributed by atoms with Crippen molar-refractivity contribution in [3.05, 3.63) is 0 Å². The lowest BCUT2D eigenvalue weighted by Gasteiger charge is -2.54.